The first kappa shape index (κ1) is 24.0. The Morgan fingerprint density at radius 3 is 2.41 bits per heavy atom. The highest BCUT2D eigenvalue weighted by Crippen LogP contribution is 2.05. The molecule has 12 nitrogen and oxygen atoms in total. The van der Waals surface area contributed by atoms with Crippen molar-refractivity contribution >= 4 is 23.7 Å². The van der Waals surface area contributed by atoms with Gasteiger partial charge in [0.2, 0.25) is 17.7 Å². The Bertz CT molecular complexity index is 695. The van der Waals surface area contributed by atoms with E-state index in [4.69, 9.17) is 5.73 Å². The normalized spacial score (nSPS) is 14.9. The summed E-state index contributed by atoms with van der Waals surface area (Å²) in [5.74, 6) is -3.51. The van der Waals surface area contributed by atoms with Gasteiger partial charge in [0.15, 0.2) is 0 Å². The molecule has 0 aliphatic heterocycles. The number of rotatable bonds is 12. The Hall–Kier alpha value is -2.99. The number of carbonyl (C=O) groups excluding carboxylic acids is 3. The number of aliphatic hydroxyl groups excluding tert-OH is 1. The van der Waals surface area contributed by atoms with Crippen molar-refractivity contribution < 1.29 is 29.4 Å². The third kappa shape index (κ3) is 7.87. The number of imidazole rings is 1. The first-order valence-corrected chi connectivity index (χ1v) is 9.13. The molecule has 29 heavy (non-hydrogen) atoms. The minimum Gasteiger partial charge on any atom is -0.480 e. The molecule has 0 saturated heterocycles. The van der Waals surface area contributed by atoms with E-state index in [1.54, 1.807) is 6.92 Å². The van der Waals surface area contributed by atoms with Gasteiger partial charge in [0.1, 0.15) is 12.1 Å². The molecule has 0 saturated carbocycles. The highest BCUT2D eigenvalue weighted by Gasteiger charge is 2.26. The van der Waals surface area contributed by atoms with E-state index in [-0.39, 0.29) is 12.3 Å². The lowest BCUT2D eigenvalue weighted by atomic mass is 9.99. The molecule has 162 valence electrons. The first-order valence-electron chi connectivity index (χ1n) is 9.13. The van der Waals surface area contributed by atoms with Gasteiger partial charge >= 0.3 is 5.97 Å². The average molecular weight is 412 g/mol. The number of H-pyrrole nitrogens is 1. The van der Waals surface area contributed by atoms with Crippen molar-refractivity contribution in [2.45, 2.75) is 44.8 Å². The molecule has 0 fully saturated rings. The number of hydrogen-bond acceptors (Lipinski definition) is 7. The van der Waals surface area contributed by atoms with E-state index < -0.39 is 55.0 Å². The number of hydrogen-bond donors (Lipinski definition) is 7. The van der Waals surface area contributed by atoms with Gasteiger partial charge < -0.3 is 36.9 Å². The van der Waals surface area contributed by atoms with Crippen LogP contribution in [-0.4, -0.2) is 75.1 Å². The molecular weight excluding hydrogens is 384 g/mol. The lowest BCUT2D eigenvalue weighted by Crippen LogP contribution is -2.55. The average Bonchev–Trinajstić information content (AvgIpc) is 3.21. The van der Waals surface area contributed by atoms with Gasteiger partial charge in [0.25, 0.3) is 0 Å². The van der Waals surface area contributed by atoms with Gasteiger partial charge in [0.05, 0.1) is 25.5 Å². The Morgan fingerprint density at radius 1 is 1.21 bits per heavy atom. The Morgan fingerprint density at radius 2 is 1.90 bits per heavy atom. The molecular formula is C17H28N6O6. The maximum absolute atomic E-state index is 12.1. The Labute approximate surface area is 167 Å². The number of aliphatic carboxylic acids is 1. The molecule has 12 heteroatoms. The monoisotopic (exact) mass is 412 g/mol. The third-order valence-corrected chi connectivity index (χ3v) is 4.41. The van der Waals surface area contributed by atoms with Crippen LogP contribution >= 0.6 is 0 Å². The largest absolute Gasteiger partial charge is 0.480 e. The molecule has 4 atom stereocenters. The van der Waals surface area contributed by atoms with E-state index in [2.05, 4.69) is 25.9 Å². The molecule has 1 aromatic rings. The summed E-state index contributed by atoms with van der Waals surface area (Å²) in [7, 11) is 0. The number of aromatic nitrogens is 2. The molecule has 0 bridgehead atoms. The van der Waals surface area contributed by atoms with Crippen LogP contribution in [0.4, 0.5) is 0 Å². The predicted octanol–water partition coefficient (Wildman–Crippen LogP) is -2.51. The van der Waals surface area contributed by atoms with Gasteiger partial charge in [-0.3, -0.25) is 14.4 Å². The molecule has 0 aliphatic carbocycles. The van der Waals surface area contributed by atoms with Crippen LogP contribution in [0.15, 0.2) is 12.5 Å². The van der Waals surface area contributed by atoms with Crippen molar-refractivity contribution in [3.8, 4) is 0 Å². The second-order valence-corrected chi connectivity index (χ2v) is 6.61. The van der Waals surface area contributed by atoms with Crippen molar-refractivity contribution in [2.24, 2.45) is 11.7 Å². The van der Waals surface area contributed by atoms with Gasteiger partial charge in [-0.1, -0.05) is 20.3 Å². The fourth-order valence-corrected chi connectivity index (χ4v) is 2.33. The summed E-state index contributed by atoms with van der Waals surface area (Å²) in [4.78, 5) is 53.9. The number of carboxylic acid groups (broad SMARTS) is 1. The lowest BCUT2D eigenvalue weighted by Gasteiger charge is -2.22. The van der Waals surface area contributed by atoms with E-state index in [9.17, 15) is 29.4 Å². The number of amides is 3. The molecule has 1 rings (SSSR count). The zero-order valence-corrected chi connectivity index (χ0v) is 16.3. The molecule has 0 radical (unpaired) electrons. The van der Waals surface area contributed by atoms with Crippen LogP contribution in [0.5, 0.6) is 0 Å². The van der Waals surface area contributed by atoms with Crippen molar-refractivity contribution in [1.29, 1.82) is 0 Å². The lowest BCUT2D eigenvalue weighted by molar-refractivity contribution is -0.141. The predicted molar refractivity (Wildman–Crippen MR) is 101 cm³/mol. The quantitative estimate of drug-likeness (QED) is 0.195. The fraction of sp³-hybridized carbons (Fsp3) is 0.588. The number of aliphatic hydroxyl groups is 1. The molecule has 0 aliphatic rings. The maximum Gasteiger partial charge on any atom is 0.326 e. The third-order valence-electron chi connectivity index (χ3n) is 4.41. The summed E-state index contributed by atoms with van der Waals surface area (Å²) in [5.41, 5.74) is 6.30. The highest BCUT2D eigenvalue weighted by molar-refractivity contribution is 5.92. The molecule has 4 unspecified atom stereocenters. The van der Waals surface area contributed by atoms with Gasteiger partial charge in [-0.05, 0) is 5.92 Å². The topological polar surface area (TPSA) is 200 Å². The standard InChI is InChI=1S/C17H28N6O6/c1-3-9(2)14(18)16(27)23-12(7-24)15(26)20-6-13(25)22-11(17(28)29)4-10-5-19-8-21-10/h5,8-9,11-12,14,24H,3-4,6-7,18H2,1-2H3,(H,19,21)(H,20,26)(H,22,25)(H,23,27)(H,28,29). The van der Waals surface area contributed by atoms with Crippen molar-refractivity contribution in [2.75, 3.05) is 13.2 Å². The van der Waals surface area contributed by atoms with E-state index in [0.717, 1.165) is 0 Å². The molecule has 8 N–H and O–H groups in total. The summed E-state index contributed by atoms with van der Waals surface area (Å²) in [6.45, 7) is 2.42. The number of carbonyl (C=O) groups is 4. The molecule has 1 heterocycles. The number of nitrogens with one attached hydrogen (secondary N) is 4. The molecule has 0 aromatic carbocycles. The molecule has 3 amide bonds. The van der Waals surface area contributed by atoms with E-state index in [1.807, 2.05) is 6.92 Å². The van der Waals surface area contributed by atoms with Gasteiger partial charge in [-0.15, -0.1) is 0 Å². The summed E-state index contributed by atoms with van der Waals surface area (Å²) in [5, 5.41) is 25.4. The summed E-state index contributed by atoms with van der Waals surface area (Å²) in [6, 6.07) is -3.35. The highest BCUT2D eigenvalue weighted by atomic mass is 16.4. The Balaban J connectivity index is 2.54. The zero-order chi connectivity index (χ0) is 22.0. The van der Waals surface area contributed by atoms with Gasteiger partial charge in [-0.2, -0.15) is 0 Å². The van der Waals surface area contributed by atoms with Crippen molar-refractivity contribution in [1.82, 2.24) is 25.9 Å². The van der Waals surface area contributed by atoms with Gasteiger partial charge in [-0.25, -0.2) is 9.78 Å². The minimum absolute atomic E-state index is 0.0160. The van der Waals surface area contributed by atoms with E-state index in [1.165, 1.54) is 12.5 Å². The number of carboxylic acids is 1. The van der Waals surface area contributed by atoms with Crippen LogP contribution in [0.2, 0.25) is 0 Å². The maximum atomic E-state index is 12.1. The SMILES string of the molecule is CCC(C)C(N)C(=O)NC(CO)C(=O)NCC(=O)NC(Cc1cnc[nH]1)C(=O)O. The van der Waals surface area contributed by atoms with Gasteiger partial charge in [0, 0.05) is 18.3 Å². The van der Waals surface area contributed by atoms with E-state index in [0.29, 0.717) is 12.1 Å². The Kier molecular flexibility index (Phi) is 9.75. The molecule has 1 aromatic heterocycles. The number of aromatic amines is 1. The number of nitrogens with two attached hydrogens (primary N) is 1. The first-order chi connectivity index (χ1) is 13.7. The van der Waals surface area contributed by atoms with Crippen molar-refractivity contribution in [3.63, 3.8) is 0 Å². The van der Waals surface area contributed by atoms with E-state index >= 15 is 0 Å². The van der Waals surface area contributed by atoms with Crippen LogP contribution < -0.4 is 21.7 Å². The van der Waals surface area contributed by atoms with Crippen LogP contribution in [0.1, 0.15) is 26.0 Å². The second kappa shape index (κ2) is 11.8. The molecule has 0 spiro atoms. The number of nitrogens with zero attached hydrogens (tertiary/aromatic N) is 1. The van der Waals surface area contributed by atoms with Crippen LogP contribution in [0.3, 0.4) is 0 Å². The smallest absolute Gasteiger partial charge is 0.326 e. The minimum atomic E-state index is -1.29. The van der Waals surface area contributed by atoms with Crippen molar-refractivity contribution in [3.05, 3.63) is 18.2 Å². The van der Waals surface area contributed by atoms with Crippen LogP contribution in [0, 0.1) is 5.92 Å². The summed E-state index contributed by atoms with van der Waals surface area (Å²) >= 11 is 0. The fourth-order valence-electron chi connectivity index (χ4n) is 2.33. The summed E-state index contributed by atoms with van der Waals surface area (Å²) < 4.78 is 0. The van der Waals surface area contributed by atoms with Crippen LogP contribution in [-0.2, 0) is 25.6 Å². The zero-order valence-electron chi connectivity index (χ0n) is 16.3. The van der Waals surface area contributed by atoms with Crippen LogP contribution in [0.25, 0.3) is 0 Å². The summed E-state index contributed by atoms with van der Waals surface area (Å²) in [6.07, 6.45) is 3.46. The second-order valence-electron chi connectivity index (χ2n) is 6.61.